The summed E-state index contributed by atoms with van der Waals surface area (Å²) in [4.78, 5) is 13.3. The fraction of sp³-hybridized carbons (Fsp3) is 0.900. The zero-order valence-electron chi connectivity index (χ0n) is 9.77. The summed E-state index contributed by atoms with van der Waals surface area (Å²) in [6, 6.07) is 0. The summed E-state index contributed by atoms with van der Waals surface area (Å²) < 4.78 is 21.8. The lowest BCUT2D eigenvalue weighted by atomic mass is 9.94. The number of carbonyl (C=O) groups is 1. The fourth-order valence-corrected chi connectivity index (χ4v) is 2.21. The first-order chi connectivity index (χ1) is 7.20. The highest BCUT2D eigenvalue weighted by atomic mass is 32.2. The number of aliphatic hydroxyl groups is 1. The van der Waals surface area contributed by atoms with Crippen LogP contribution >= 0.6 is 0 Å². The van der Waals surface area contributed by atoms with Crippen molar-refractivity contribution in [1.82, 2.24) is 4.90 Å². The number of rotatable bonds is 3. The molecule has 0 aromatic rings. The molecule has 1 saturated heterocycles. The van der Waals surface area contributed by atoms with Crippen LogP contribution in [-0.2, 0) is 14.6 Å². The van der Waals surface area contributed by atoms with E-state index >= 15 is 0 Å². The van der Waals surface area contributed by atoms with Gasteiger partial charge in [0.05, 0.1) is 11.4 Å². The summed E-state index contributed by atoms with van der Waals surface area (Å²) in [5.74, 6) is -0.237. The van der Waals surface area contributed by atoms with Crippen LogP contribution < -0.4 is 0 Å². The Labute approximate surface area is 96.4 Å². The normalized spacial score (nSPS) is 20.8. The molecule has 0 spiro atoms. The van der Waals surface area contributed by atoms with Crippen LogP contribution in [0.3, 0.4) is 0 Å². The minimum Gasteiger partial charge on any atom is -0.390 e. The lowest BCUT2D eigenvalue weighted by Gasteiger charge is -2.35. The molecule has 5 nitrogen and oxygen atoms in total. The maximum Gasteiger partial charge on any atom is 0.223 e. The molecule has 0 saturated carbocycles. The molecule has 0 aromatic carbocycles. The van der Waals surface area contributed by atoms with Crippen molar-refractivity contribution < 1.29 is 18.3 Å². The lowest BCUT2D eigenvalue weighted by molar-refractivity contribution is -0.134. The summed E-state index contributed by atoms with van der Waals surface area (Å²) in [6.07, 6.45) is 2.28. The van der Waals surface area contributed by atoms with Crippen LogP contribution in [0.5, 0.6) is 0 Å². The van der Waals surface area contributed by atoms with E-state index in [4.69, 9.17) is 0 Å². The Morgan fingerprint density at radius 3 is 2.31 bits per heavy atom. The zero-order valence-corrected chi connectivity index (χ0v) is 10.6. The van der Waals surface area contributed by atoms with E-state index in [0.29, 0.717) is 25.9 Å². The first kappa shape index (κ1) is 13.4. The average Bonchev–Trinajstić information content (AvgIpc) is 2.13. The third-order valence-corrected chi connectivity index (χ3v) is 3.83. The van der Waals surface area contributed by atoms with Crippen LogP contribution in [0.4, 0.5) is 0 Å². The van der Waals surface area contributed by atoms with E-state index in [1.807, 2.05) is 0 Å². The zero-order chi connectivity index (χ0) is 12.4. The Morgan fingerprint density at radius 1 is 1.38 bits per heavy atom. The second kappa shape index (κ2) is 4.71. The monoisotopic (exact) mass is 249 g/mol. The average molecular weight is 249 g/mol. The lowest BCUT2D eigenvalue weighted by Crippen LogP contribution is -2.45. The van der Waals surface area contributed by atoms with Crippen molar-refractivity contribution in [3.8, 4) is 0 Å². The highest BCUT2D eigenvalue weighted by molar-refractivity contribution is 7.90. The predicted octanol–water partition coefficient (Wildman–Crippen LogP) is -0.206. The first-order valence-corrected chi connectivity index (χ1v) is 7.44. The highest BCUT2D eigenvalue weighted by Gasteiger charge is 2.29. The van der Waals surface area contributed by atoms with Crippen LogP contribution in [0.15, 0.2) is 0 Å². The molecule has 1 amide bonds. The molecule has 0 bridgehead atoms. The first-order valence-electron chi connectivity index (χ1n) is 5.37. The molecule has 0 aliphatic carbocycles. The summed E-state index contributed by atoms with van der Waals surface area (Å²) >= 11 is 0. The number of sulfone groups is 1. The van der Waals surface area contributed by atoms with Gasteiger partial charge in [-0.2, -0.15) is 0 Å². The van der Waals surface area contributed by atoms with Gasteiger partial charge in [0.2, 0.25) is 5.91 Å². The van der Waals surface area contributed by atoms with Crippen molar-refractivity contribution in [1.29, 1.82) is 0 Å². The Kier molecular flexibility index (Phi) is 3.96. The van der Waals surface area contributed by atoms with Crippen molar-refractivity contribution in [2.45, 2.75) is 31.8 Å². The number of likely N-dealkylation sites (tertiary alicyclic amines) is 1. The van der Waals surface area contributed by atoms with Gasteiger partial charge in [0, 0.05) is 25.8 Å². The van der Waals surface area contributed by atoms with E-state index in [2.05, 4.69) is 0 Å². The maximum atomic E-state index is 11.6. The number of piperidine rings is 1. The van der Waals surface area contributed by atoms with E-state index < -0.39 is 15.4 Å². The van der Waals surface area contributed by atoms with Gasteiger partial charge >= 0.3 is 0 Å². The second-order valence-electron chi connectivity index (χ2n) is 4.76. The molecule has 1 fully saturated rings. The van der Waals surface area contributed by atoms with Gasteiger partial charge in [-0.3, -0.25) is 4.79 Å². The van der Waals surface area contributed by atoms with Gasteiger partial charge in [0.25, 0.3) is 0 Å². The molecule has 0 aromatic heterocycles. The largest absolute Gasteiger partial charge is 0.390 e. The molecule has 1 heterocycles. The highest BCUT2D eigenvalue weighted by Crippen LogP contribution is 2.21. The van der Waals surface area contributed by atoms with Crippen LogP contribution in [0, 0.1) is 0 Å². The smallest absolute Gasteiger partial charge is 0.223 e. The fourth-order valence-electron chi connectivity index (χ4n) is 1.67. The molecule has 6 heteroatoms. The molecule has 0 atom stereocenters. The number of amides is 1. The quantitative estimate of drug-likeness (QED) is 0.751. The van der Waals surface area contributed by atoms with Gasteiger partial charge in [-0.15, -0.1) is 0 Å². The summed E-state index contributed by atoms with van der Waals surface area (Å²) in [5, 5.41) is 9.70. The van der Waals surface area contributed by atoms with Gasteiger partial charge in [-0.25, -0.2) is 8.42 Å². The summed E-state index contributed by atoms with van der Waals surface area (Å²) in [5.41, 5.74) is -0.687. The number of carbonyl (C=O) groups excluding carboxylic acids is 1. The SMILES string of the molecule is CC1(O)CCN(C(=O)CCS(C)(=O)=O)CC1. The van der Waals surface area contributed by atoms with Crippen LogP contribution in [0.2, 0.25) is 0 Å². The topological polar surface area (TPSA) is 74.7 Å². The van der Waals surface area contributed by atoms with E-state index in [1.165, 1.54) is 0 Å². The third-order valence-electron chi connectivity index (χ3n) is 2.88. The molecule has 1 rings (SSSR count). The molecule has 1 N–H and O–H groups in total. The number of hydrogen-bond acceptors (Lipinski definition) is 4. The van der Waals surface area contributed by atoms with E-state index in [1.54, 1.807) is 11.8 Å². The molecule has 16 heavy (non-hydrogen) atoms. The van der Waals surface area contributed by atoms with Crippen LogP contribution in [0.25, 0.3) is 0 Å². The van der Waals surface area contributed by atoms with E-state index in [-0.39, 0.29) is 18.1 Å². The Hall–Kier alpha value is -0.620. The van der Waals surface area contributed by atoms with Gasteiger partial charge < -0.3 is 10.0 Å². The standard InChI is InChI=1S/C10H19NO4S/c1-10(13)4-6-11(7-5-10)9(12)3-8-16(2,14)15/h13H,3-8H2,1-2H3. The molecular weight excluding hydrogens is 230 g/mol. The van der Waals surface area contributed by atoms with Gasteiger partial charge in [0.1, 0.15) is 9.84 Å². The Bertz CT molecular complexity index is 351. The summed E-state index contributed by atoms with van der Waals surface area (Å²) in [7, 11) is -3.08. The van der Waals surface area contributed by atoms with Gasteiger partial charge in [-0.05, 0) is 19.8 Å². The van der Waals surface area contributed by atoms with Crippen molar-refractivity contribution >= 4 is 15.7 Å². The number of hydrogen-bond donors (Lipinski definition) is 1. The van der Waals surface area contributed by atoms with E-state index in [9.17, 15) is 18.3 Å². The van der Waals surface area contributed by atoms with E-state index in [0.717, 1.165) is 6.26 Å². The molecule has 94 valence electrons. The third kappa shape index (κ3) is 4.49. The minimum absolute atomic E-state index is 0.0426. The predicted molar refractivity (Wildman–Crippen MR) is 60.8 cm³/mol. The molecular formula is C10H19NO4S. The molecule has 0 radical (unpaired) electrons. The summed E-state index contributed by atoms with van der Waals surface area (Å²) in [6.45, 7) is 2.77. The molecule has 1 aliphatic rings. The Balaban J connectivity index is 2.40. The maximum absolute atomic E-state index is 11.6. The van der Waals surface area contributed by atoms with Crippen molar-refractivity contribution in [3.63, 3.8) is 0 Å². The second-order valence-corrected chi connectivity index (χ2v) is 7.02. The minimum atomic E-state index is -3.08. The molecule has 0 unspecified atom stereocenters. The van der Waals surface area contributed by atoms with Crippen LogP contribution in [-0.4, -0.2) is 55.0 Å². The van der Waals surface area contributed by atoms with Crippen molar-refractivity contribution in [3.05, 3.63) is 0 Å². The van der Waals surface area contributed by atoms with Crippen LogP contribution in [0.1, 0.15) is 26.2 Å². The number of nitrogens with zero attached hydrogens (tertiary/aromatic N) is 1. The molecule has 1 aliphatic heterocycles. The van der Waals surface area contributed by atoms with Gasteiger partial charge in [-0.1, -0.05) is 0 Å². The van der Waals surface area contributed by atoms with Crippen molar-refractivity contribution in [2.75, 3.05) is 25.1 Å². The van der Waals surface area contributed by atoms with Gasteiger partial charge in [0.15, 0.2) is 0 Å². The van der Waals surface area contributed by atoms with Crippen molar-refractivity contribution in [2.24, 2.45) is 0 Å². The Morgan fingerprint density at radius 2 is 1.88 bits per heavy atom.